The van der Waals surface area contributed by atoms with E-state index in [9.17, 15) is 4.79 Å². The maximum Gasteiger partial charge on any atom is 0.277 e. The Morgan fingerprint density at radius 3 is 2.82 bits per heavy atom. The van der Waals surface area contributed by atoms with Crippen molar-refractivity contribution >= 4 is 23.2 Å². The number of aromatic nitrogens is 5. The monoisotopic (exact) mass is 380 g/mol. The molecule has 1 atom stereocenters. The van der Waals surface area contributed by atoms with Crippen molar-refractivity contribution < 1.29 is 4.79 Å². The number of anilines is 2. The minimum absolute atomic E-state index is 0.257. The van der Waals surface area contributed by atoms with Crippen LogP contribution in [0.3, 0.4) is 0 Å². The lowest BCUT2D eigenvalue weighted by molar-refractivity contribution is 0.102. The lowest BCUT2D eigenvalue weighted by Crippen LogP contribution is -2.32. The average Bonchev–Trinajstić information content (AvgIpc) is 3.28. The Morgan fingerprint density at radius 1 is 1.21 bits per heavy atom. The standard InChI is InChI=1S/C19H24N8O/c1-4-20-14-5-6-26(10-14)17-8-21-15(7-22-17)19(28)25-16-11-27-9-12(2)23-18(27)13(3)24-16/h7-9,11,14,20H,4-6,10H2,1-3H3,(H,25,28)/t14-/m0/s1. The van der Waals surface area contributed by atoms with Crippen molar-refractivity contribution in [2.75, 3.05) is 29.9 Å². The van der Waals surface area contributed by atoms with E-state index in [0.717, 1.165) is 48.9 Å². The van der Waals surface area contributed by atoms with E-state index in [0.29, 0.717) is 11.9 Å². The summed E-state index contributed by atoms with van der Waals surface area (Å²) in [5.41, 5.74) is 2.68. The highest BCUT2D eigenvalue weighted by atomic mass is 16.1. The van der Waals surface area contributed by atoms with Crippen LogP contribution in [0, 0.1) is 13.8 Å². The number of hydrogen-bond acceptors (Lipinski definition) is 7. The fourth-order valence-corrected chi connectivity index (χ4v) is 3.54. The molecule has 0 saturated carbocycles. The van der Waals surface area contributed by atoms with Gasteiger partial charge in [0.1, 0.15) is 17.3 Å². The molecule has 0 unspecified atom stereocenters. The largest absolute Gasteiger partial charge is 0.354 e. The van der Waals surface area contributed by atoms with Gasteiger partial charge in [-0.3, -0.25) is 4.79 Å². The Balaban J connectivity index is 1.45. The molecule has 9 nitrogen and oxygen atoms in total. The third-order valence-electron chi connectivity index (χ3n) is 4.84. The van der Waals surface area contributed by atoms with E-state index in [1.165, 1.54) is 6.20 Å². The topological polar surface area (TPSA) is 100 Å². The number of carbonyl (C=O) groups excluding carboxylic acids is 1. The van der Waals surface area contributed by atoms with Crippen LogP contribution in [-0.4, -0.2) is 55.9 Å². The molecule has 0 spiro atoms. The molecule has 1 amide bonds. The molecule has 2 N–H and O–H groups in total. The summed E-state index contributed by atoms with van der Waals surface area (Å²) in [5, 5.41) is 6.24. The number of fused-ring (bicyclic) bond motifs is 1. The predicted octanol–water partition coefficient (Wildman–Crippen LogP) is 1.58. The third-order valence-corrected chi connectivity index (χ3v) is 4.84. The van der Waals surface area contributed by atoms with E-state index in [1.807, 2.05) is 24.4 Å². The van der Waals surface area contributed by atoms with E-state index in [1.54, 1.807) is 12.4 Å². The van der Waals surface area contributed by atoms with Crippen molar-refractivity contribution in [3.05, 3.63) is 41.9 Å². The Hall–Kier alpha value is -3.07. The number of nitrogens with zero attached hydrogens (tertiary/aromatic N) is 6. The van der Waals surface area contributed by atoms with Gasteiger partial charge in [-0.15, -0.1) is 0 Å². The normalized spacial score (nSPS) is 16.7. The van der Waals surface area contributed by atoms with Crippen LogP contribution in [0.1, 0.15) is 35.2 Å². The first kappa shape index (κ1) is 18.3. The first-order valence-corrected chi connectivity index (χ1v) is 9.48. The highest BCUT2D eigenvalue weighted by molar-refractivity contribution is 6.02. The van der Waals surface area contributed by atoms with Crippen LogP contribution in [0.5, 0.6) is 0 Å². The average molecular weight is 380 g/mol. The zero-order valence-electron chi connectivity index (χ0n) is 16.3. The van der Waals surface area contributed by atoms with Crippen LogP contribution in [0.4, 0.5) is 11.6 Å². The minimum Gasteiger partial charge on any atom is -0.354 e. The number of nitrogens with one attached hydrogen (secondary N) is 2. The van der Waals surface area contributed by atoms with Gasteiger partial charge in [-0.1, -0.05) is 6.92 Å². The quantitative estimate of drug-likeness (QED) is 0.693. The Bertz CT molecular complexity index is 997. The number of likely N-dealkylation sites (N-methyl/N-ethyl adjacent to an activating group) is 1. The fraction of sp³-hybridized carbons (Fsp3) is 0.421. The van der Waals surface area contributed by atoms with Gasteiger partial charge in [-0.25, -0.2) is 19.9 Å². The molecule has 0 bridgehead atoms. The number of carbonyl (C=O) groups is 1. The summed E-state index contributed by atoms with van der Waals surface area (Å²) in [6, 6.07) is 0.478. The molecular weight excluding hydrogens is 356 g/mol. The summed E-state index contributed by atoms with van der Waals surface area (Å²) in [4.78, 5) is 32.3. The summed E-state index contributed by atoms with van der Waals surface area (Å²) in [6.07, 6.45) is 7.89. The maximum atomic E-state index is 12.5. The Morgan fingerprint density at radius 2 is 2.07 bits per heavy atom. The molecule has 0 radical (unpaired) electrons. The van der Waals surface area contributed by atoms with Gasteiger partial charge in [0.05, 0.1) is 30.0 Å². The molecule has 0 aromatic carbocycles. The van der Waals surface area contributed by atoms with E-state index in [-0.39, 0.29) is 11.6 Å². The molecule has 1 aliphatic rings. The molecule has 1 fully saturated rings. The van der Waals surface area contributed by atoms with Gasteiger partial charge in [0, 0.05) is 25.3 Å². The SMILES string of the molecule is CCN[C@H]1CCN(c2cnc(C(=O)Nc3cn4cc(C)nc4c(C)n3)cn2)C1. The maximum absolute atomic E-state index is 12.5. The van der Waals surface area contributed by atoms with Crippen molar-refractivity contribution in [2.24, 2.45) is 0 Å². The number of hydrogen-bond donors (Lipinski definition) is 2. The van der Waals surface area contributed by atoms with Crippen LogP contribution in [0.2, 0.25) is 0 Å². The van der Waals surface area contributed by atoms with E-state index >= 15 is 0 Å². The van der Waals surface area contributed by atoms with Gasteiger partial charge < -0.3 is 19.9 Å². The van der Waals surface area contributed by atoms with E-state index in [2.05, 4.69) is 42.4 Å². The van der Waals surface area contributed by atoms with Crippen molar-refractivity contribution in [3.8, 4) is 0 Å². The van der Waals surface area contributed by atoms with Gasteiger partial charge in [0.2, 0.25) is 0 Å². The number of amides is 1. The van der Waals surface area contributed by atoms with Crippen molar-refractivity contribution in [2.45, 2.75) is 33.2 Å². The van der Waals surface area contributed by atoms with Gasteiger partial charge in [0.25, 0.3) is 5.91 Å². The molecule has 3 aromatic heterocycles. The molecule has 1 saturated heterocycles. The van der Waals surface area contributed by atoms with E-state index < -0.39 is 0 Å². The van der Waals surface area contributed by atoms with Crippen LogP contribution < -0.4 is 15.5 Å². The third kappa shape index (κ3) is 3.65. The molecule has 28 heavy (non-hydrogen) atoms. The summed E-state index contributed by atoms with van der Waals surface area (Å²) in [7, 11) is 0. The van der Waals surface area contributed by atoms with Crippen molar-refractivity contribution in [1.82, 2.24) is 29.7 Å². The predicted molar refractivity (Wildman–Crippen MR) is 107 cm³/mol. The second-order valence-corrected chi connectivity index (χ2v) is 7.03. The molecular formula is C19H24N8O. The van der Waals surface area contributed by atoms with Gasteiger partial charge in [-0.05, 0) is 26.8 Å². The van der Waals surface area contributed by atoms with Crippen LogP contribution >= 0.6 is 0 Å². The number of imidazole rings is 1. The molecule has 146 valence electrons. The minimum atomic E-state index is -0.339. The smallest absolute Gasteiger partial charge is 0.277 e. The molecule has 0 aliphatic carbocycles. The summed E-state index contributed by atoms with van der Waals surface area (Å²) in [6.45, 7) is 8.69. The lowest BCUT2D eigenvalue weighted by Gasteiger charge is -2.17. The van der Waals surface area contributed by atoms with Gasteiger partial charge in [-0.2, -0.15) is 0 Å². The first-order chi connectivity index (χ1) is 13.5. The van der Waals surface area contributed by atoms with Crippen LogP contribution in [0.15, 0.2) is 24.8 Å². The number of aryl methyl sites for hydroxylation is 2. The van der Waals surface area contributed by atoms with Crippen LogP contribution in [0.25, 0.3) is 5.65 Å². The van der Waals surface area contributed by atoms with Gasteiger partial charge >= 0.3 is 0 Å². The molecule has 3 aromatic rings. The number of rotatable bonds is 5. The zero-order chi connectivity index (χ0) is 19.7. The molecule has 9 heteroatoms. The second kappa shape index (κ2) is 7.51. The van der Waals surface area contributed by atoms with Gasteiger partial charge in [0.15, 0.2) is 5.65 Å². The summed E-state index contributed by atoms with van der Waals surface area (Å²) in [5.74, 6) is 0.904. The lowest BCUT2D eigenvalue weighted by atomic mass is 10.3. The zero-order valence-corrected chi connectivity index (χ0v) is 16.3. The van der Waals surface area contributed by atoms with E-state index in [4.69, 9.17) is 0 Å². The second-order valence-electron chi connectivity index (χ2n) is 7.03. The Kier molecular flexibility index (Phi) is 4.91. The first-order valence-electron chi connectivity index (χ1n) is 9.48. The molecule has 4 rings (SSSR count). The van der Waals surface area contributed by atoms with Crippen LogP contribution in [-0.2, 0) is 0 Å². The summed E-state index contributed by atoms with van der Waals surface area (Å²) < 4.78 is 1.86. The van der Waals surface area contributed by atoms with Crippen molar-refractivity contribution in [3.63, 3.8) is 0 Å². The van der Waals surface area contributed by atoms with Crippen molar-refractivity contribution in [1.29, 1.82) is 0 Å². The highest BCUT2D eigenvalue weighted by Gasteiger charge is 2.23. The molecule has 1 aliphatic heterocycles. The fourth-order valence-electron chi connectivity index (χ4n) is 3.54. The Labute approximate surface area is 163 Å². The highest BCUT2D eigenvalue weighted by Crippen LogP contribution is 2.18. The molecule has 4 heterocycles. The summed E-state index contributed by atoms with van der Waals surface area (Å²) >= 11 is 0.